The zero-order valence-electron chi connectivity index (χ0n) is 10.7. The topological polar surface area (TPSA) is 43.7 Å². The lowest BCUT2D eigenvalue weighted by atomic mass is 9.98. The van der Waals surface area contributed by atoms with Crippen molar-refractivity contribution >= 4 is 11.8 Å². The quantitative estimate of drug-likeness (QED) is 0.791. The number of anilines is 1. The molecule has 96 valence electrons. The van der Waals surface area contributed by atoms with E-state index in [9.17, 15) is 10.2 Å². The summed E-state index contributed by atoms with van der Waals surface area (Å²) >= 11 is 0. The van der Waals surface area contributed by atoms with Crippen LogP contribution in [0.1, 0.15) is 29.5 Å². The summed E-state index contributed by atoms with van der Waals surface area (Å²) in [6.07, 6.45) is 8.31. The number of likely N-dealkylation sites (N-methyl/N-ethyl adjacent to an activating group) is 1. The number of benzene rings is 1. The highest BCUT2D eigenvalue weighted by atomic mass is 16.4. The molecule has 3 heteroatoms. The van der Waals surface area contributed by atoms with E-state index in [1.165, 1.54) is 17.5 Å². The van der Waals surface area contributed by atoms with E-state index in [4.69, 9.17) is 0 Å². The van der Waals surface area contributed by atoms with Gasteiger partial charge in [0.25, 0.3) is 0 Å². The molecule has 1 heterocycles. The Morgan fingerprint density at radius 2 is 2.17 bits per heavy atom. The molecule has 18 heavy (non-hydrogen) atoms. The zero-order chi connectivity index (χ0) is 12.8. The Morgan fingerprint density at radius 1 is 1.33 bits per heavy atom. The number of nitrogens with zero attached hydrogens (tertiary/aromatic N) is 1. The predicted molar refractivity (Wildman–Crippen MR) is 72.6 cm³/mol. The molecule has 0 saturated carbocycles. The second-order valence-corrected chi connectivity index (χ2v) is 5.35. The van der Waals surface area contributed by atoms with Crippen molar-refractivity contribution in [3.05, 3.63) is 34.9 Å². The van der Waals surface area contributed by atoms with Gasteiger partial charge in [-0.3, -0.25) is 0 Å². The van der Waals surface area contributed by atoms with Gasteiger partial charge in [-0.1, -0.05) is 18.2 Å². The van der Waals surface area contributed by atoms with Gasteiger partial charge >= 0.3 is 0 Å². The minimum atomic E-state index is -1.13. The molecule has 1 aliphatic heterocycles. The molecular weight excluding hydrogens is 226 g/mol. The molecule has 1 atom stereocenters. The third-order valence-electron chi connectivity index (χ3n) is 4.17. The summed E-state index contributed by atoms with van der Waals surface area (Å²) in [6, 6.07) is 4.34. The van der Waals surface area contributed by atoms with E-state index in [1.54, 1.807) is 4.90 Å². The predicted octanol–water partition coefficient (Wildman–Crippen LogP) is 1.71. The highest BCUT2D eigenvalue weighted by molar-refractivity contribution is 5.69. The van der Waals surface area contributed by atoms with Crippen LogP contribution in [0, 0.1) is 0 Å². The Labute approximate surface area is 107 Å². The molecule has 1 unspecified atom stereocenters. The van der Waals surface area contributed by atoms with Crippen LogP contribution in [0.2, 0.25) is 0 Å². The average molecular weight is 245 g/mol. The van der Waals surface area contributed by atoms with Gasteiger partial charge in [0.15, 0.2) is 5.72 Å². The Kier molecular flexibility index (Phi) is 2.68. The smallest absolute Gasteiger partial charge is 0.165 e. The summed E-state index contributed by atoms with van der Waals surface area (Å²) in [6.45, 7) is -0.237. The molecule has 3 rings (SSSR count). The molecule has 2 aliphatic rings. The van der Waals surface area contributed by atoms with Crippen molar-refractivity contribution in [2.24, 2.45) is 0 Å². The molecule has 1 aromatic rings. The number of fused-ring (bicyclic) bond motifs is 2. The van der Waals surface area contributed by atoms with E-state index in [-0.39, 0.29) is 6.61 Å². The Morgan fingerprint density at radius 3 is 2.94 bits per heavy atom. The maximum atomic E-state index is 10.3. The standard InChI is InChI=1S/C15H19NO2/c1-16-14-8-12-6-4-2-3-5-11(12)7-13(14)9-15(16,18)10-17/h4,6-8,17-18H,2-3,5,9-10H2,1H3. The Bertz CT molecular complexity index is 509. The lowest BCUT2D eigenvalue weighted by molar-refractivity contribution is -0.00534. The minimum Gasteiger partial charge on any atom is -0.391 e. The first kappa shape index (κ1) is 11.8. The van der Waals surface area contributed by atoms with Crippen LogP contribution < -0.4 is 4.90 Å². The van der Waals surface area contributed by atoms with Gasteiger partial charge in [-0.25, -0.2) is 0 Å². The maximum Gasteiger partial charge on any atom is 0.165 e. The van der Waals surface area contributed by atoms with Gasteiger partial charge in [-0.15, -0.1) is 0 Å². The second-order valence-electron chi connectivity index (χ2n) is 5.35. The van der Waals surface area contributed by atoms with Gasteiger partial charge < -0.3 is 15.1 Å². The number of allylic oxidation sites excluding steroid dienone is 1. The van der Waals surface area contributed by atoms with E-state index in [0.29, 0.717) is 6.42 Å². The number of aliphatic hydroxyl groups is 2. The van der Waals surface area contributed by atoms with Crippen LogP contribution in [0.4, 0.5) is 5.69 Å². The maximum absolute atomic E-state index is 10.3. The fraction of sp³-hybridized carbons (Fsp3) is 0.467. The number of hydrogen-bond acceptors (Lipinski definition) is 3. The van der Waals surface area contributed by atoms with Crippen molar-refractivity contribution in [3.63, 3.8) is 0 Å². The highest BCUT2D eigenvalue weighted by Crippen LogP contribution is 2.39. The van der Waals surface area contributed by atoms with Crippen molar-refractivity contribution in [2.75, 3.05) is 18.6 Å². The van der Waals surface area contributed by atoms with Crippen molar-refractivity contribution in [2.45, 2.75) is 31.4 Å². The van der Waals surface area contributed by atoms with Gasteiger partial charge in [0.1, 0.15) is 0 Å². The summed E-state index contributed by atoms with van der Waals surface area (Å²) < 4.78 is 0. The van der Waals surface area contributed by atoms with E-state index >= 15 is 0 Å². The summed E-state index contributed by atoms with van der Waals surface area (Å²) in [5, 5.41) is 19.7. The van der Waals surface area contributed by atoms with Gasteiger partial charge in [-0.2, -0.15) is 0 Å². The molecule has 0 aromatic heterocycles. The van der Waals surface area contributed by atoms with Crippen molar-refractivity contribution in [1.82, 2.24) is 0 Å². The van der Waals surface area contributed by atoms with Crippen molar-refractivity contribution in [3.8, 4) is 0 Å². The number of aryl methyl sites for hydroxylation is 1. The van der Waals surface area contributed by atoms with Crippen molar-refractivity contribution < 1.29 is 10.2 Å². The molecule has 0 saturated heterocycles. The second kappa shape index (κ2) is 4.11. The number of aliphatic hydroxyl groups excluding tert-OH is 1. The molecule has 1 aliphatic carbocycles. The first-order chi connectivity index (χ1) is 8.64. The van der Waals surface area contributed by atoms with Crippen molar-refractivity contribution in [1.29, 1.82) is 0 Å². The van der Waals surface area contributed by atoms with Crippen LogP contribution in [-0.4, -0.2) is 29.6 Å². The Hall–Kier alpha value is -1.32. The lowest BCUT2D eigenvalue weighted by Gasteiger charge is -2.30. The molecule has 0 radical (unpaired) electrons. The fourth-order valence-electron chi connectivity index (χ4n) is 2.96. The number of hydrogen-bond donors (Lipinski definition) is 2. The Balaban J connectivity index is 2.08. The third-order valence-corrected chi connectivity index (χ3v) is 4.17. The summed E-state index contributed by atoms with van der Waals surface area (Å²) in [5.41, 5.74) is 3.66. The van der Waals surface area contributed by atoms with Crippen LogP contribution in [0.25, 0.3) is 6.08 Å². The SMILES string of the molecule is CN1c2cc3c(cc2CC1(O)CO)CCCC=C3. The monoisotopic (exact) mass is 245 g/mol. The molecule has 3 nitrogen and oxygen atoms in total. The molecule has 0 fully saturated rings. The number of rotatable bonds is 1. The average Bonchev–Trinajstić information content (AvgIpc) is 2.56. The summed E-state index contributed by atoms with van der Waals surface area (Å²) in [4.78, 5) is 1.79. The van der Waals surface area contributed by atoms with Crippen LogP contribution >= 0.6 is 0 Å². The van der Waals surface area contributed by atoms with E-state index < -0.39 is 5.72 Å². The summed E-state index contributed by atoms with van der Waals surface area (Å²) in [5.74, 6) is 0. The normalized spacial score (nSPS) is 25.8. The van der Waals surface area contributed by atoms with E-state index in [2.05, 4.69) is 24.3 Å². The minimum absolute atomic E-state index is 0.237. The van der Waals surface area contributed by atoms with E-state index in [1.807, 2.05) is 7.05 Å². The zero-order valence-corrected chi connectivity index (χ0v) is 10.7. The molecule has 0 amide bonds. The first-order valence-corrected chi connectivity index (χ1v) is 6.53. The lowest BCUT2D eigenvalue weighted by Crippen LogP contribution is -2.47. The van der Waals surface area contributed by atoms with E-state index in [0.717, 1.165) is 24.1 Å². The molecular formula is C15H19NO2. The van der Waals surface area contributed by atoms with Gasteiger partial charge in [-0.05, 0) is 42.0 Å². The van der Waals surface area contributed by atoms with Crippen LogP contribution in [0.15, 0.2) is 18.2 Å². The highest BCUT2D eigenvalue weighted by Gasteiger charge is 2.39. The molecule has 2 N–H and O–H groups in total. The van der Waals surface area contributed by atoms with Gasteiger partial charge in [0.05, 0.1) is 6.61 Å². The molecule has 0 bridgehead atoms. The molecule has 1 aromatic carbocycles. The summed E-state index contributed by atoms with van der Waals surface area (Å²) in [7, 11) is 1.84. The van der Waals surface area contributed by atoms with Gasteiger partial charge in [0.2, 0.25) is 0 Å². The largest absolute Gasteiger partial charge is 0.391 e. The van der Waals surface area contributed by atoms with Crippen LogP contribution in [0.3, 0.4) is 0 Å². The first-order valence-electron chi connectivity index (χ1n) is 6.53. The third kappa shape index (κ3) is 1.66. The molecule has 0 spiro atoms. The van der Waals surface area contributed by atoms with Crippen LogP contribution in [-0.2, 0) is 12.8 Å². The fourth-order valence-corrected chi connectivity index (χ4v) is 2.96. The van der Waals surface area contributed by atoms with Crippen LogP contribution in [0.5, 0.6) is 0 Å². The van der Waals surface area contributed by atoms with Gasteiger partial charge in [0, 0.05) is 19.2 Å².